The molecule has 0 spiro atoms. The molecule has 1 aromatic heterocycles. The molecule has 6 nitrogen and oxygen atoms in total. The number of nitrogens with zero attached hydrogens (tertiary/aromatic N) is 1. The number of carboxylic acid groups (broad SMARTS) is 1. The lowest BCUT2D eigenvalue weighted by molar-refractivity contribution is -0.146. The van der Waals surface area contributed by atoms with E-state index in [1.807, 2.05) is 0 Å². The van der Waals surface area contributed by atoms with Gasteiger partial charge in [-0.1, -0.05) is 6.92 Å². The van der Waals surface area contributed by atoms with Gasteiger partial charge in [0.1, 0.15) is 11.3 Å². The first-order valence-electron chi connectivity index (χ1n) is 6.40. The van der Waals surface area contributed by atoms with Gasteiger partial charge in [0.25, 0.3) is 5.91 Å². The summed E-state index contributed by atoms with van der Waals surface area (Å²) in [6.07, 6.45) is 3.67. The summed E-state index contributed by atoms with van der Waals surface area (Å²) in [6, 6.07) is 0. The van der Waals surface area contributed by atoms with Crippen molar-refractivity contribution in [3.05, 3.63) is 17.8 Å². The second-order valence-corrected chi connectivity index (χ2v) is 5.28. The molecule has 2 N–H and O–H groups in total. The number of hydrogen-bond acceptors (Lipinski definition) is 4. The summed E-state index contributed by atoms with van der Waals surface area (Å²) in [5.41, 5.74) is -1.02. The van der Waals surface area contributed by atoms with Gasteiger partial charge in [0.2, 0.25) is 0 Å². The van der Waals surface area contributed by atoms with Crippen molar-refractivity contribution in [2.45, 2.75) is 45.1 Å². The molecule has 0 atom stereocenters. The number of aromatic nitrogens is 1. The Kier molecular flexibility index (Phi) is 3.59. The molecule has 0 radical (unpaired) electrons. The zero-order chi connectivity index (χ0) is 14.0. The second kappa shape index (κ2) is 5.03. The molecule has 1 fully saturated rings. The van der Waals surface area contributed by atoms with Crippen LogP contribution in [0.15, 0.2) is 10.8 Å². The van der Waals surface area contributed by atoms with Crippen molar-refractivity contribution in [3.63, 3.8) is 0 Å². The summed E-state index contributed by atoms with van der Waals surface area (Å²) in [7, 11) is 0. The maximum absolute atomic E-state index is 12.1. The fraction of sp³-hybridized carbons (Fsp3) is 0.615. The fourth-order valence-electron chi connectivity index (χ4n) is 2.45. The van der Waals surface area contributed by atoms with Crippen LogP contribution in [0.3, 0.4) is 0 Å². The second-order valence-electron chi connectivity index (χ2n) is 5.28. The highest BCUT2D eigenvalue weighted by Gasteiger charge is 2.43. The zero-order valence-electron chi connectivity index (χ0n) is 11.1. The third kappa shape index (κ3) is 2.62. The highest BCUT2D eigenvalue weighted by molar-refractivity contribution is 5.97. The number of nitrogens with one attached hydrogen (secondary N) is 1. The molecule has 1 aromatic rings. The monoisotopic (exact) mass is 266 g/mol. The first-order chi connectivity index (χ1) is 8.94. The quantitative estimate of drug-likeness (QED) is 0.869. The summed E-state index contributed by atoms with van der Waals surface area (Å²) >= 11 is 0. The van der Waals surface area contributed by atoms with Crippen molar-refractivity contribution in [2.24, 2.45) is 5.92 Å². The molecule has 0 bridgehead atoms. The fourth-order valence-corrected chi connectivity index (χ4v) is 2.45. The predicted octanol–water partition coefficient (Wildman–Crippen LogP) is 1.75. The van der Waals surface area contributed by atoms with Crippen molar-refractivity contribution < 1.29 is 19.1 Å². The Labute approximate surface area is 111 Å². The molecule has 0 unspecified atom stereocenters. The topological polar surface area (TPSA) is 92.4 Å². The molecule has 1 saturated carbocycles. The standard InChI is InChI=1S/C13H18N2O4/c1-8-3-5-13(6-4-8,12(17)18)15-11(16)10-9(2)19-7-14-10/h7-8H,3-6H2,1-2H3,(H,15,16)(H,17,18). The van der Waals surface area contributed by atoms with Crippen LogP contribution in [0, 0.1) is 12.8 Å². The number of amides is 1. The van der Waals surface area contributed by atoms with Crippen LogP contribution in [0.2, 0.25) is 0 Å². The van der Waals surface area contributed by atoms with Crippen molar-refractivity contribution in [2.75, 3.05) is 0 Å². The van der Waals surface area contributed by atoms with Gasteiger partial charge in [0, 0.05) is 0 Å². The van der Waals surface area contributed by atoms with E-state index in [2.05, 4.69) is 17.2 Å². The minimum absolute atomic E-state index is 0.152. The van der Waals surface area contributed by atoms with Crippen molar-refractivity contribution >= 4 is 11.9 Å². The van der Waals surface area contributed by atoms with Gasteiger partial charge < -0.3 is 14.8 Å². The van der Waals surface area contributed by atoms with Crippen LogP contribution in [-0.2, 0) is 4.79 Å². The molecule has 19 heavy (non-hydrogen) atoms. The molecule has 1 amide bonds. The molecule has 2 rings (SSSR count). The van der Waals surface area contributed by atoms with Crippen molar-refractivity contribution in [1.29, 1.82) is 0 Å². The number of aliphatic carboxylic acids is 1. The smallest absolute Gasteiger partial charge is 0.329 e. The Balaban J connectivity index is 2.16. The van der Waals surface area contributed by atoms with E-state index in [1.165, 1.54) is 6.39 Å². The molecule has 104 valence electrons. The van der Waals surface area contributed by atoms with Crippen LogP contribution in [0.1, 0.15) is 48.9 Å². The lowest BCUT2D eigenvalue weighted by Gasteiger charge is -2.36. The SMILES string of the molecule is Cc1ocnc1C(=O)NC1(C(=O)O)CCC(C)CC1. The number of oxazole rings is 1. The van der Waals surface area contributed by atoms with E-state index in [0.717, 1.165) is 12.8 Å². The summed E-state index contributed by atoms with van der Waals surface area (Å²) < 4.78 is 4.97. The van der Waals surface area contributed by atoms with Crippen LogP contribution >= 0.6 is 0 Å². The highest BCUT2D eigenvalue weighted by atomic mass is 16.4. The van der Waals surface area contributed by atoms with E-state index in [1.54, 1.807) is 6.92 Å². The number of rotatable bonds is 3. The Morgan fingerprint density at radius 2 is 2.11 bits per heavy atom. The van der Waals surface area contributed by atoms with Crippen LogP contribution in [-0.4, -0.2) is 27.5 Å². The van der Waals surface area contributed by atoms with Gasteiger partial charge in [-0.05, 0) is 38.5 Å². The Bertz CT molecular complexity index is 487. The number of hydrogen-bond donors (Lipinski definition) is 2. The third-order valence-corrected chi connectivity index (χ3v) is 3.85. The van der Waals surface area contributed by atoms with Crippen LogP contribution in [0.4, 0.5) is 0 Å². The lowest BCUT2D eigenvalue weighted by Crippen LogP contribution is -2.56. The Morgan fingerprint density at radius 1 is 1.47 bits per heavy atom. The van der Waals surface area contributed by atoms with Gasteiger partial charge in [-0.2, -0.15) is 0 Å². The Hall–Kier alpha value is -1.85. The molecule has 0 saturated heterocycles. The van der Waals surface area contributed by atoms with Gasteiger partial charge in [0.15, 0.2) is 12.1 Å². The van der Waals surface area contributed by atoms with E-state index >= 15 is 0 Å². The van der Waals surface area contributed by atoms with Crippen LogP contribution in [0.5, 0.6) is 0 Å². The maximum atomic E-state index is 12.1. The van der Waals surface area contributed by atoms with Gasteiger partial charge in [-0.25, -0.2) is 9.78 Å². The normalized spacial score (nSPS) is 26.9. The van der Waals surface area contributed by atoms with Crippen molar-refractivity contribution in [3.8, 4) is 0 Å². The molecule has 1 heterocycles. The first kappa shape index (κ1) is 13.6. The van der Waals surface area contributed by atoms with E-state index < -0.39 is 17.4 Å². The van der Waals surface area contributed by atoms with Gasteiger partial charge >= 0.3 is 5.97 Å². The molecule has 0 aromatic carbocycles. The van der Waals surface area contributed by atoms with E-state index in [-0.39, 0.29) is 5.69 Å². The van der Waals surface area contributed by atoms with Crippen LogP contribution in [0.25, 0.3) is 0 Å². The minimum atomic E-state index is -1.17. The maximum Gasteiger partial charge on any atom is 0.329 e. The van der Waals surface area contributed by atoms with Gasteiger partial charge in [-0.3, -0.25) is 4.79 Å². The number of carbonyl (C=O) groups excluding carboxylic acids is 1. The molecule has 1 aliphatic rings. The van der Waals surface area contributed by atoms with Crippen LogP contribution < -0.4 is 5.32 Å². The van der Waals surface area contributed by atoms with Crippen molar-refractivity contribution in [1.82, 2.24) is 10.3 Å². The number of carbonyl (C=O) groups is 2. The zero-order valence-corrected chi connectivity index (χ0v) is 11.1. The molecular weight excluding hydrogens is 248 g/mol. The summed E-state index contributed by atoms with van der Waals surface area (Å²) in [4.78, 5) is 27.4. The molecule has 1 aliphatic carbocycles. The third-order valence-electron chi connectivity index (χ3n) is 3.85. The molecular formula is C13H18N2O4. The average Bonchev–Trinajstić information content (AvgIpc) is 2.78. The average molecular weight is 266 g/mol. The first-order valence-corrected chi connectivity index (χ1v) is 6.40. The van der Waals surface area contributed by atoms with E-state index in [4.69, 9.17) is 4.42 Å². The number of carboxylic acids is 1. The lowest BCUT2D eigenvalue weighted by atomic mass is 9.77. The van der Waals surface area contributed by atoms with E-state index in [9.17, 15) is 14.7 Å². The minimum Gasteiger partial charge on any atom is -0.480 e. The highest BCUT2D eigenvalue weighted by Crippen LogP contribution is 2.32. The summed E-state index contributed by atoms with van der Waals surface area (Å²) in [5, 5.41) is 12.1. The Morgan fingerprint density at radius 3 is 2.58 bits per heavy atom. The molecule has 6 heteroatoms. The summed E-state index contributed by atoms with van der Waals surface area (Å²) in [6.45, 7) is 3.72. The predicted molar refractivity (Wildman–Crippen MR) is 66.7 cm³/mol. The molecule has 0 aliphatic heterocycles. The van der Waals surface area contributed by atoms with Gasteiger partial charge in [0.05, 0.1) is 0 Å². The summed E-state index contributed by atoms with van der Waals surface area (Å²) in [5.74, 6) is -0.572. The van der Waals surface area contributed by atoms with Gasteiger partial charge in [-0.15, -0.1) is 0 Å². The largest absolute Gasteiger partial charge is 0.480 e. The van der Waals surface area contributed by atoms with E-state index in [0.29, 0.717) is 24.5 Å². The number of aryl methyl sites for hydroxylation is 1.